The molecular weight excluding hydrogens is 590 g/mol. The van der Waals surface area contributed by atoms with Crippen molar-refractivity contribution in [3.63, 3.8) is 0 Å². The predicted molar refractivity (Wildman–Crippen MR) is 155 cm³/mol. The van der Waals surface area contributed by atoms with E-state index in [2.05, 4.69) is 14.9 Å². The molecule has 0 radical (unpaired) electrons. The zero-order chi connectivity index (χ0) is 31.6. The number of ether oxygens (including phenoxy) is 1. The van der Waals surface area contributed by atoms with Crippen LogP contribution < -0.4 is 14.8 Å². The molecule has 4 rings (SSSR count). The molecule has 0 aromatic heterocycles. The Bertz CT molecular complexity index is 1480. The highest BCUT2D eigenvalue weighted by molar-refractivity contribution is 7.89. The molecule has 234 valence electrons. The van der Waals surface area contributed by atoms with Gasteiger partial charge in [-0.1, -0.05) is 24.3 Å². The van der Waals surface area contributed by atoms with E-state index in [1.165, 1.54) is 25.0 Å². The van der Waals surface area contributed by atoms with Gasteiger partial charge in [-0.15, -0.1) is 0 Å². The highest BCUT2D eigenvalue weighted by Crippen LogP contribution is 2.33. The number of carboxylic acid groups (broad SMARTS) is 1. The van der Waals surface area contributed by atoms with Gasteiger partial charge in [-0.05, 0) is 91.5 Å². The maximum Gasteiger partial charge on any atom is 0.490 e. The minimum absolute atomic E-state index is 0.245. The topological polar surface area (TPSA) is 108 Å². The van der Waals surface area contributed by atoms with Gasteiger partial charge in [0.25, 0.3) is 0 Å². The van der Waals surface area contributed by atoms with Crippen molar-refractivity contribution in [1.82, 2.24) is 14.9 Å². The van der Waals surface area contributed by atoms with E-state index >= 15 is 0 Å². The van der Waals surface area contributed by atoms with Crippen molar-refractivity contribution in [3.05, 3.63) is 83.2 Å². The largest absolute Gasteiger partial charge is 0.496 e. The van der Waals surface area contributed by atoms with Crippen LogP contribution in [0.2, 0.25) is 0 Å². The maximum absolute atomic E-state index is 13.1. The molecule has 3 aromatic carbocycles. The van der Waals surface area contributed by atoms with Crippen LogP contribution in [-0.2, 0) is 27.9 Å². The van der Waals surface area contributed by atoms with E-state index in [-0.39, 0.29) is 5.82 Å². The van der Waals surface area contributed by atoms with Crippen LogP contribution in [0.25, 0.3) is 11.1 Å². The Morgan fingerprint density at radius 2 is 1.58 bits per heavy atom. The Labute approximate surface area is 248 Å². The Morgan fingerprint density at radius 3 is 2.16 bits per heavy atom. The van der Waals surface area contributed by atoms with E-state index in [0.29, 0.717) is 30.1 Å². The number of likely N-dealkylation sites (tertiary alicyclic amines) is 1. The first-order chi connectivity index (χ1) is 20.3. The van der Waals surface area contributed by atoms with E-state index in [1.807, 2.05) is 37.3 Å². The second kappa shape index (κ2) is 15.3. The van der Waals surface area contributed by atoms with Gasteiger partial charge >= 0.3 is 12.1 Å². The molecule has 1 saturated heterocycles. The van der Waals surface area contributed by atoms with Gasteiger partial charge in [-0.3, -0.25) is 0 Å². The zero-order valence-electron chi connectivity index (χ0n) is 23.9. The van der Waals surface area contributed by atoms with Gasteiger partial charge in [0, 0.05) is 31.7 Å². The average molecular weight is 626 g/mol. The molecule has 0 amide bonds. The smallest absolute Gasteiger partial charge is 0.490 e. The Hall–Kier alpha value is -3.52. The Balaban J connectivity index is 0.000000646. The van der Waals surface area contributed by atoms with Crippen LogP contribution in [0.5, 0.6) is 5.75 Å². The number of alkyl halides is 3. The molecule has 0 unspecified atom stereocenters. The molecule has 1 heterocycles. The first-order valence-corrected chi connectivity index (χ1v) is 15.0. The molecule has 3 aromatic rings. The molecule has 1 aliphatic heterocycles. The van der Waals surface area contributed by atoms with Gasteiger partial charge in [0.2, 0.25) is 10.0 Å². The number of aryl methyl sites for hydroxylation is 1. The average Bonchev–Trinajstić information content (AvgIpc) is 3.47. The predicted octanol–water partition coefficient (Wildman–Crippen LogP) is 5.11. The second-order valence-corrected chi connectivity index (χ2v) is 11.7. The molecule has 8 nitrogen and oxygen atoms in total. The molecule has 3 N–H and O–H groups in total. The molecule has 0 saturated carbocycles. The summed E-state index contributed by atoms with van der Waals surface area (Å²) in [6, 6.07) is 17.8. The van der Waals surface area contributed by atoms with Gasteiger partial charge in [0.15, 0.2) is 0 Å². The van der Waals surface area contributed by atoms with Crippen molar-refractivity contribution >= 4 is 16.0 Å². The summed E-state index contributed by atoms with van der Waals surface area (Å²) in [5.74, 6) is -2.28. The lowest BCUT2D eigenvalue weighted by atomic mass is 10.00. The monoisotopic (exact) mass is 625 g/mol. The summed E-state index contributed by atoms with van der Waals surface area (Å²) in [5, 5.41) is 10.5. The van der Waals surface area contributed by atoms with Crippen LogP contribution >= 0.6 is 0 Å². The number of aliphatic carboxylic acids is 1. The molecule has 0 bridgehead atoms. The fraction of sp³-hybridized carbons (Fsp3) is 0.367. The van der Waals surface area contributed by atoms with E-state index in [4.69, 9.17) is 14.6 Å². The number of halogens is 4. The standard InChI is InChI=1S/C28H34FN3O3S.C2HF3O2/c1-21-17-24(8-12-28(21)36(33,34)31-13-16-32-14-3-4-15-32)26-18-23(7-11-27(26)35-2)20-30-19-22-5-9-25(29)10-6-22;3-2(4,5)1(6)7/h5-12,17-18,30-31H,3-4,13-16,19-20H2,1-2H3;(H,6,7). The summed E-state index contributed by atoms with van der Waals surface area (Å²) in [4.78, 5) is 11.5. The lowest BCUT2D eigenvalue weighted by Crippen LogP contribution is -2.33. The molecule has 1 fully saturated rings. The zero-order valence-corrected chi connectivity index (χ0v) is 24.7. The van der Waals surface area contributed by atoms with Crippen LogP contribution in [0, 0.1) is 12.7 Å². The molecule has 0 aliphatic carbocycles. The first-order valence-electron chi connectivity index (χ1n) is 13.6. The summed E-state index contributed by atoms with van der Waals surface area (Å²) in [6.45, 7) is 6.29. The van der Waals surface area contributed by atoms with Crippen molar-refractivity contribution < 1.29 is 40.6 Å². The summed E-state index contributed by atoms with van der Waals surface area (Å²) < 4.78 is 79.0. The molecule has 0 atom stereocenters. The van der Waals surface area contributed by atoms with Crippen molar-refractivity contribution in [2.45, 2.75) is 43.9 Å². The van der Waals surface area contributed by atoms with E-state index < -0.39 is 22.2 Å². The van der Waals surface area contributed by atoms with Gasteiger partial charge in [-0.25, -0.2) is 22.3 Å². The number of hydrogen-bond donors (Lipinski definition) is 3. The van der Waals surface area contributed by atoms with Crippen LogP contribution in [0.3, 0.4) is 0 Å². The van der Waals surface area contributed by atoms with E-state index in [1.54, 1.807) is 25.3 Å². The minimum atomic E-state index is -5.08. The number of carbonyl (C=O) groups is 1. The van der Waals surface area contributed by atoms with Crippen LogP contribution in [0.4, 0.5) is 17.6 Å². The third kappa shape index (κ3) is 10.3. The van der Waals surface area contributed by atoms with Crippen molar-refractivity contribution in [2.24, 2.45) is 0 Å². The molecule has 13 heteroatoms. The Kier molecular flexibility index (Phi) is 12.1. The normalized spacial score (nSPS) is 13.8. The van der Waals surface area contributed by atoms with Gasteiger partial charge in [0.05, 0.1) is 12.0 Å². The maximum atomic E-state index is 13.1. The quantitative estimate of drug-likeness (QED) is 0.255. The third-order valence-electron chi connectivity index (χ3n) is 6.77. The minimum Gasteiger partial charge on any atom is -0.496 e. The molecular formula is C30H35F4N3O5S. The highest BCUT2D eigenvalue weighted by atomic mass is 32.2. The number of hydrogen-bond acceptors (Lipinski definition) is 6. The van der Waals surface area contributed by atoms with Gasteiger partial charge in [0.1, 0.15) is 11.6 Å². The van der Waals surface area contributed by atoms with Crippen LogP contribution in [0.1, 0.15) is 29.5 Å². The number of nitrogens with one attached hydrogen (secondary N) is 2. The first kappa shape index (κ1) is 34.0. The van der Waals surface area contributed by atoms with Gasteiger partial charge < -0.3 is 20.1 Å². The molecule has 1 aliphatic rings. The number of nitrogens with zero attached hydrogens (tertiary/aromatic N) is 1. The molecule has 43 heavy (non-hydrogen) atoms. The highest BCUT2D eigenvalue weighted by Gasteiger charge is 2.38. The summed E-state index contributed by atoms with van der Waals surface area (Å²) >= 11 is 0. The Morgan fingerprint density at radius 1 is 0.977 bits per heavy atom. The number of methoxy groups -OCH3 is 1. The lowest BCUT2D eigenvalue weighted by Gasteiger charge is -2.16. The number of sulfonamides is 1. The van der Waals surface area contributed by atoms with Crippen molar-refractivity contribution in [3.8, 4) is 16.9 Å². The third-order valence-corrected chi connectivity index (χ3v) is 8.39. The number of carboxylic acids is 1. The summed E-state index contributed by atoms with van der Waals surface area (Å²) in [7, 11) is -1.96. The SMILES string of the molecule is COc1ccc(CNCc2ccc(F)cc2)cc1-c1ccc(S(=O)(=O)NCCN2CCCC2)c(C)c1.O=C(O)C(F)(F)F. The van der Waals surface area contributed by atoms with Crippen molar-refractivity contribution in [2.75, 3.05) is 33.3 Å². The second-order valence-electron chi connectivity index (χ2n) is 9.99. The summed E-state index contributed by atoms with van der Waals surface area (Å²) in [5.41, 5.74) is 4.54. The fourth-order valence-corrected chi connectivity index (χ4v) is 5.83. The van der Waals surface area contributed by atoms with Gasteiger partial charge in [-0.2, -0.15) is 13.2 Å². The van der Waals surface area contributed by atoms with Crippen molar-refractivity contribution in [1.29, 1.82) is 0 Å². The number of rotatable bonds is 11. The number of benzene rings is 3. The van der Waals surface area contributed by atoms with E-state index in [0.717, 1.165) is 47.6 Å². The lowest BCUT2D eigenvalue weighted by molar-refractivity contribution is -0.192. The fourth-order valence-electron chi connectivity index (χ4n) is 4.58. The van der Waals surface area contributed by atoms with Crippen LogP contribution in [0.15, 0.2) is 65.6 Å². The summed E-state index contributed by atoms with van der Waals surface area (Å²) in [6.07, 6.45) is -2.72. The van der Waals surface area contributed by atoms with Crippen LogP contribution in [-0.4, -0.2) is 63.9 Å². The van der Waals surface area contributed by atoms with E-state index in [9.17, 15) is 26.0 Å². The molecule has 0 spiro atoms.